The molecule has 8 heteroatoms. The van der Waals surface area contributed by atoms with Crippen LogP contribution in [0.3, 0.4) is 0 Å². The molecule has 4 aliphatic rings. The number of rotatable bonds is 2. The first-order valence-electron chi connectivity index (χ1n) is 9.07. The van der Waals surface area contributed by atoms with Gasteiger partial charge in [0.05, 0.1) is 13.0 Å². The molecule has 0 radical (unpaired) electrons. The minimum absolute atomic E-state index is 0.327. The van der Waals surface area contributed by atoms with Gasteiger partial charge in [0.25, 0.3) is 0 Å². The summed E-state index contributed by atoms with van der Waals surface area (Å²) < 4.78 is 7.79. The van der Waals surface area contributed by atoms with Crippen LogP contribution < -0.4 is 15.8 Å². The summed E-state index contributed by atoms with van der Waals surface area (Å²) in [5, 5.41) is 10.1. The van der Waals surface area contributed by atoms with Gasteiger partial charge in [-0.15, -0.1) is 0 Å². The molecule has 2 N–H and O–H groups in total. The molecule has 24 heavy (non-hydrogen) atoms. The van der Waals surface area contributed by atoms with Gasteiger partial charge in [0.1, 0.15) is 6.17 Å². The molecule has 3 unspecified atom stereocenters. The van der Waals surface area contributed by atoms with Crippen molar-refractivity contribution in [3.8, 4) is 11.5 Å². The van der Waals surface area contributed by atoms with Gasteiger partial charge in [-0.1, -0.05) is 18.0 Å². The fourth-order valence-electron chi connectivity index (χ4n) is 4.65. The summed E-state index contributed by atoms with van der Waals surface area (Å²) in [5.74, 6) is 3.55. The lowest BCUT2D eigenvalue weighted by Crippen LogP contribution is -2.53. The van der Waals surface area contributed by atoms with E-state index in [9.17, 15) is 0 Å². The molecule has 2 aliphatic heterocycles. The number of hydrazine groups is 1. The third-order valence-corrected chi connectivity index (χ3v) is 5.96. The number of imidazole rings is 1. The van der Waals surface area contributed by atoms with E-state index in [1.54, 1.807) is 0 Å². The second-order valence-electron chi connectivity index (χ2n) is 7.42. The average molecular weight is 327 g/mol. The number of anilines is 1. The first-order chi connectivity index (χ1) is 11.9. The summed E-state index contributed by atoms with van der Waals surface area (Å²) in [5.41, 5.74) is 4.29. The minimum atomic E-state index is 0.327. The molecule has 3 fully saturated rings. The van der Waals surface area contributed by atoms with E-state index in [2.05, 4.69) is 35.4 Å². The van der Waals surface area contributed by atoms with E-state index in [0.29, 0.717) is 29.9 Å². The monoisotopic (exact) mass is 327 g/mol. The van der Waals surface area contributed by atoms with Gasteiger partial charge in [-0.2, -0.15) is 4.98 Å². The van der Waals surface area contributed by atoms with E-state index in [1.165, 1.54) is 25.7 Å². The Morgan fingerprint density at radius 1 is 1.17 bits per heavy atom. The highest BCUT2D eigenvalue weighted by Gasteiger charge is 2.46. The Hall–Kier alpha value is -1.93. The van der Waals surface area contributed by atoms with Crippen LogP contribution in [-0.2, 0) is 0 Å². The molecule has 0 amide bonds. The predicted octanol–water partition coefficient (Wildman–Crippen LogP) is 1.75. The second kappa shape index (κ2) is 4.80. The topological polar surface area (TPSA) is 84.0 Å². The Bertz CT molecular complexity index is 779. The van der Waals surface area contributed by atoms with Crippen LogP contribution in [0, 0.1) is 5.92 Å². The molecule has 2 aliphatic carbocycles. The highest BCUT2D eigenvalue weighted by molar-refractivity contribution is 5.68. The maximum absolute atomic E-state index is 5.46. The number of nitrogens with zero attached hydrogens (tertiary/aromatic N) is 5. The lowest BCUT2D eigenvalue weighted by molar-refractivity contribution is 0.174. The van der Waals surface area contributed by atoms with Crippen molar-refractivity contribution in [2.75, 3.05) is 11.7 Å². The molecular weight excluding hydrogens is 306 g/mol. The quantitative estimate of drug-likeness (QED) is 0.869. The maximum Gasteiger partial charge on any atom is 0.230 e. The zero-order chi connectivity index (χ0) is 15.7. The molecule has 2 saturated carbocycles. The molecule has 4 heterocycles. The van der Waals surface area contributed by atoms with Gasteiger partial charge < -0.3 is 9.09 Å². The zero-order valence-electron chi connectivity index (χ0n) is 13.5. The molecule has 8 nitrogen and oxygen atoms in total. The summed E-state index contributed by atoms with van der Waals surface area (Å²) >= 11 is 0. The van der Waals surface area contributed by atoms with Crippen LogP contribution in [0.4, 0.5) is 5.82 Å². The lowest BCUT2D eigenvalue weighted by atomic mass is 9.81. The van der Waals surface area contributed by atoms with Crippen LogP contribution in [0.1, 0.15) is 56.4 Å². The highest BCUT2D eigenvalue weighted by Crippen LogP contribution is 2.47. The van der Waals surface area contributed by atoms with E-state index < -0.39 is 0 Å². The number of aromatic nitrogens is 4. The zero-order valence-corrected chi connectivity index (χ0v) is 13.5. The third-order valence-electron chi connectivity index (χ3n) is 5.96. The van der Waals surface area contributed by atoms with E-state index in [4.69, 9.17) is 4.52 Å². The summed E-state index contributed by atoms with van der Waals surface area (Å²) in [6.45, 7) is 0.790. The number of hydrogen-bond acceptors (Lipinski definition) is 7. The van der Waals surface area contributed by atoms with E-state index >= 15 is 0 Å². The predicted molar refractivity (Wildman–Crippen MR) is 85.9 cm³/mol. The fourth-order valence-corrected chi connectivity index (χ4v) is 4.65. The summed E-state index contributed by atoms with van der Waals surface area (Å²) in [6, 6.07) is 0.512. The summed E-state index contributed by atoms with van der Waals surface area (Å²) in [6.07, 6.45) is 9.71. The number of hydrogen-bond donors (Lipinski definition) is 2. The number of fused-ring (bicyclic) bond motifs is 6. The average Bonchev–Trinajstić information content (AvgIpc) is 3.05. The van der Waals surface area contributed by atoms with Crippen molar-refractivity contribution in [3.05, 3.63) is 12.2 Å². The molecule has 6 rings (SSSR count). The van der Waals surface area contributed by atoms with Crippen LogP contribution in [0.15, 0.2) is 10.9 Å². The van der Waals surface area contributed by atoms with Crippen molar-refractivity contribution in [2.45, 2.75) is 56.7 Å². The maximum atomic E-state index is 5.46. The molecule has 3 atom stereocenters. The van der Waals surface area contributed by atoms with E-state index in [1.807, 2.05) is 6.33 Å². The summed E-state index contributed by atoms with van der Waals surface area (Å²) in [7, 11) is 0. The molecule has 2 aromatic heterocycles. The Balaban J connectivity index is 1.47. The molecule has 1 saturated heterocycles. The molecule has 0 aromatic carbocycles. The van der Waals surface area contributed by atoms with Gasteiger partial charge in [0.2, 0.25) is 11.7 Å². The van der Waals surface area contributed by atoms with Crippen molar-refractivity contribution < 1.29 is 4.52 Å². The molecule has 2 aromatic rings. The van der Waals surface area contributed by atoms with Crippen molar-refractivity contribution in [1.29, 1.82) is 0 Å². The highest BCUT2D eigenvalue weighted by atomic mass is 16.5. The largest absolute Gasteiger partial charge is 0.339 e. The van der Waals surface area contributed by atoms with Gasteiger partial charge in [-0.3, -0.25) is 10.3 Å². The van der Waals surface area contributed by atoms with Crippen LogP contribution in [0.25, 0.3) is 11.5 Å². The van der Waals surface area contributed by atoms with Gasteiger partial charge in [-0.05, 0) is 25.7 Å². The smallest absolute Gasteiger partial charge is 0.230 e. The Morgan fingerprint density at radius 3 is 3.00 bits per heavy atom. The summed E-state index contributed by atoms with van der Waals surface area (Å²) in [4.78, 5) is 9.29. The van der Waals surface area contributed by atoms with Crippen LogP contribution in [0.5, 0.6) is 0 Å². The normalized spacial score (nSPS) is 31.7. The molecule has 126 valence electrons. The minimum Gasteiger partial charge on any atom is -0.339 e. The van der Waals surface area contributed by atoms with Crippen molar-refractivity contribution in [1.82, 2.24) is 30.4 Å². The number of nitrogens with one attached hydrogen (secondary N) is 2. The van der Waals surface area contributed by atoms with E-state index in [-0.39, 0.29) is 0 Å². The second-order valence-corrected chi connectivity index (χ2v) is 7.42. The Morgan fingerprint density at radius 2 is 2.08 bits per heavy atom. The standard InChI is InChI=1S/C16H21N7O/c1-2-4-11-10(3-1)14-17-7-19-23(14)16-12(18-8-22(11)16)13-20-15(24-21-13)9-5-6-9/h8-11,14,17,19H,1-7H2. The SMILES string of the molecule is c1nc(-c2noc(C3CC3)n2)c2n1C1CCCCC1C1NCNN21. The van der Waals surface area contributed by atoms with Crippen LogP contribution >= 0.6 is 0 Å². The lowest BCUT2D eigenvalue weighted by Gasteiger charge is -2.45. The first kappa shape index (κ1) is 13.4. The van der Waals surface area contributed by atoms with Crippen LogP contribution in [-0.4, -0.2) is 32.5 Å². The van der Waals surface area contributed by atoms with Gasteiger partial charge in [0.15, 0.2) is 11.5 Å². The fraction of sp³-hybridized carbons (Fsp3) is 0.688. The van der Waals surface area contributed by atoms with Gasteiger partial charge in [-0.25, -0.2) is 10.4 Å². The van der Waals surface area contributed by atoms with Crippen molar-refractivity contribution in [3.63, 3.8) is 0 Å². The molecule has 0 bridgehead atoms. The Kier molecular flexibility index (Phi) is 2.67. The Labute approximate surface area is 139 Å². The third kappa shape index (κ3) is 1.78. The van der Waals surface area contributed by atoms with Gasteiger partial charge >= 0.3 is 0 Å². The molecule has 0 spiro atoms. The van der Waals surface area contributed by atoms with E-state index in [0.717, 1.165) is 36.9 Å². The molecular formula is C16H21N7O. The van der Waals surface area contributed by atoms with Crippen molar-refractivity contribution in [2.24, 2.45) is 5.92 Å². The van der Waals surface area contributed by atoms with Crippen LogP contribution in [0.2, 0.25) is 0 Å². The van der Waals surface area contributed by atoms with Crippen molar-refractivity contribution >= 4 is 5.82 Å². The first-order valence-corrected chi connectivity index (χ1v) is 9.07. The van der Waals surface area contributed by atoms with Gasteiger partial charge in [0, 0.05) is 17.9 Å².